The summed E-state index contributed by atoms with van der Waals surface area (Å²) in [5.74, 6) is 0.904. The van der Waals surface area contributed by atoms with Gasteiger partial charge in [-0.3, -0.25) is 37.3 Å². The maximum atomic E-state index is 13.1. The fourth-order valence-corrected chi connectivity index (χ4v) is 13.1. The van der Waals surface area contributed by atoms with E-state index in [2.05, 4.69) is 55.4 Å². The average Bonchev–Trinajstić information content (AvgIpc) is 3.62. The molecule has 0 bridgehead atoms. The Balaban J connectivity index is 5.23. The zero-order valence-corrected chi connectivity index (χ0v) is 64.1. The summed E-state index contributed by atoms with van der Waals surface area (Å²) in [4.78, 5) is 72.8. The molecule has 0 aliphatic carbocycles. The highest BCUT2D eigenvalue weighted by atomic mass is 31.2. The van der Waals surface area contributed by atoms with Gasteiger partial charge in [-0.15, -0.1) is 0 Å². The number of carbonyl (C=O) groups excluding carboxylic acids is 4. The van der Waals surface area contributed by atoms with Gasteiger partial charge in [0.2, 0.25) is 0 Å². The summed E-state index contributed by atoms with van der Waals surface area (Å²) in [6.07, 6.45) is 50.1. The van der Waals surface area contributed by atoms with Crippen molar-refractivity contribution in [2.24, 2.45) is 23.7 Å². The molecule has 0 aliphatic rings. The first-order chi connectivity index (χ1) is 45.6. The van der Waals surface area contributed by atoms with Crippen LogP contribution in [0, 0.1) is 23.7 Å². The molecule has 19 heteroatoms. The molecule has 6 atom stereocenters. The average molecular weight is 1400 g/mol. The molecule has 0 rings (SSSR count). The van der Waals surface area contributed by atoms with Gasteiger partial charge in [0.1, 0.15) is 19.3 Å². The monoisotopic (exact) mass is 1400 g/mol. The minimum absolute atomic E-state index is 0.102. The molecule has 95 heavy (non-hydrogen) atoms. The van der Waals surface area contributed by atoms with Crippen LogP contribution in [0.3, 0.4) is 0 Å². The van der Waals surface area contributed by atoms with E-state index in [1.165, 1.54) is 180 Å². The third kappa shape index (κ3) is 69.0. The predicted molar refractivity (Wildman–Crippen MR) is 386 cm³/mol. The maximum absolute atomic E-state index is 13.1. The lowest BCUT2D eigenvalue weighted by molar-refractivity contribution is -0.161. The zero-order chi connectivity index (χ0) is 70.3. The van der Waals surface area contributed by atoms with Crippen LogP contribution in [0.2, 0.25) is 0 Å². The van der Waals surface area contributed by atoms with E-state index < -0.39 is 97.5 Å². The van der Waals surface area contributed by atoms with Crippen molar-refractivity contribution in [3.8, 4) is 0 Å². The van der Waals surface area contributed by atoms with E-state index in [0.29, 0.717) is 31.6 Å². The first-order valence-electron chi connectivity index (χ1n) is 39.2. The van der Waals surface area contributed by atoms with Gasteiger partial charge in [0.25, 0.3) is 0 Å². The van der Waals surface area contributed by atoms with Gasteiger partial charge in [-0.05, 0) is 49.4 Å². The second kappa shape index (κ2) is 65.4. The molecular weight excluding hydrogens is 1250 g/mol. The topological polar surface area (TPSA) is 237 Å². The molecule has 0 saturated carbocycles. The molecule has 0 saturated heterocycles. The van der Waals surface area contributed by atoms with Gasteiger partial charge in [0.15, 0.2) is 12.2 Å². The van der Waals surface area contributed by atoms with Gasteiger partial charge in [-0.1, -0.05) is 331 Å². The fourth-order valence-electron chi connectivity index (χ4n) is 11.5. The Hall–Kier alpha value is -1.94. The minimum Gasteiger partial charge on any atom is -0.462 e. The van der Waals surface area contributed by atoms with Crippen molar-refractivity contribution in [3.05, 3.63) is 0 Å². The lowest BCUT2D eigenvalue weighted by Gasteiger charge is -2.21. The Morgan fingerprint density at radius 2 is 0.505 bits per heavy atom. The highest BCUT2D eigenvalue weighted by Crippen LogP contribution is 2.45. The predicted octanol–water partition coefficient (Wildman–Crippen LogP) is 22.0. The number of unbranched alkanes of at least 4 members (excludes halogenated alkanes) is 38. The number of esters is 4. The summed E-state index contributed by atoms with van der Waals surface area (Å²) in [6.45, 7) is 14.1. The molecule has 0 aromatic rings. The van der Waals surface area contributed by atoms with Crippen LogP contribution in [-0.2, 0) is 65.4 Å². The van der Waals surface area contributed by atoms with E-state index in [1.807, 2.05) is 0 Å². The van der Waals surface area contributed by atoms with Gasteiger partial charge < -0.3 is 33.8 Å². The smallest absolute Gasteiger partial charge is 0.462 e. The standard InChI is InChI=1S/C76H148O17P2/c1-9-69(8)55-47-39-34-35-41-49-57-74(79)87-63-72(93-76(81)59-51-43-33-27-30-38-46-54-68(6)7)65-91-95(84,85)89-61-70(77)60-88-94(82,83)90-64-71(62-86-73(78)56-48-40-31-25-21-17-14-13-16-20-24-29-37-45-53-67(4)5)92-75(80)58-50-42-32-26-22-18-12-10-11-15-19-23-28-36-44-52-66(2)3/h66-72,77H,9-65H2,1-8H3,(H,82,83)(H,84,85)/t69?,70-,71-,72-/m1/s1. The summed E-state index contributed by atoms with van der Waals surface area (Å²) in [7, 11) is -9.91. The van der Waals surface area contributed by atoms with Gasteiger partial charge in [0.05, 0.1) is 26.4 Å². The normalized spacial score (nSPS) is 14.4. The largest absolute Gasteiger partial charge is 0.472 e. The first kappa shape index (κ1) is 93.1. The third-order valence-electron chi connectivity index (χ3n) is 17.9. The maximum Gasteiger partial charge on any atom is 0.472 e. The second-order valence-electron chi connectivity index (χ2n) is 29.1. The van der Waals surface area contributed by atoms with E-state index in [1.54, 1.807) is 0 Å². The Labute approximate surface area is 581 Å². The van der Waals surface area contributed by atoms with Crippen molar-refractivity contribution in [3.63, 3.8) is 0 Å². The van der Waals surface area contributed by atoms with Crippen molar-refractivity contribution in [2.75, 3.05) is 39.6 Å². The number of phosphoric acid groups is 2. The van der Waals surface area contributed by atoms with Crippen LogP contribution in [0.15, 0.2) is 0 Å². The van der Waals surface area contributed by atoms with Crippen molar-refractivity contribution >= 4 is 39.5 Å². The molecule has 3 N–H and O–H groups in total. The number of phosphoric ester groups is 2. The molecule has 564 valence electrons. The van der Waals surface area contributed by atoms with E-state index in [9.17, 15) is 43.2 Å². The minimum atomic E-state index is -4.96. The van der Waals surface area contributed by atoms with Crippen LogP contribution in [0.4, 0.5) is 0 Å². The lowest BCUT2D eigenvalue weighted by Crippen LogP contribution is -2.30. The summed E-state index contributed by atoms with van der Waals surface area (Å²) in [5, 5.41) is 10.6. The highest BCUT2D eigenvalue weighted by Gasteiger charge is 2.30. The van der Waals surface area contributed by atoms with E-state index >= 15 is 0 Å². The fraction of sp³-hybridized carbons (Fsp3) is 0.947. The molecule has 0 heterocycles. The first-order valence-corrected chi connectivity index (χ1v) is 42.2. The number of aliphatic hydroxyl groups is 1. The zero-order valence-electron chi connectivity index (χ0n) is 62.3. The Morgan fingerprint density at radius 1 is 0.295 bits per heavy atom. The van der Waals surface area contributed by atoms with E-state index in [0.717, 1.165) is 114 Å². The van der Waals surface area contributed by atoms with E-state index in [4.69, 9.17) is 37.0 Å². The molecule has 0 aromatic heterocycles. The summed E-state index contributed by atoms with van der Waals surface area (Å²) in [5.41, 5.74) is 0. The van der Waals surface area contributed by atoms with Crippen LogP contribution >= 0.6 is 15.6 Å². The number of rotatable bonds is 73. The summed E-state index contributed by atoms with van der Waals surface area (Å²) >= 11 is 0. The van der Waals surface area contributed by atoms with Gasteiger partial charge in [-0.2, -0.15) is 0 Å². The second-order valence-corrected chi connectivity index (χ2v) is 32.0. The summed E-state index contributed by atoms with van der Waals surface area (Å²) < 4.78 is 68.5. The SMILES string of the molecule is CCC(C)CCCCCCCCC(=O)OC[C@H](COP(=O)(O)OC[C@H](O)COP(=O)(O)OC[C@@H](COC(=O)CCCCCCCCCCCCCCCCC(C)C)OC(=O)CCCCCCCCCCCCCCCCCC(C)C)OC(=O)CCCCCCCCCC(C)C. The highest BCUT2D eigenvalue weighted by molar-refractivity contribution is 7.47. The van der Waals surface area contributed by atoms with Gasteiger partial charge in [0, 0.05) is 25.7 Å². The number of hydrogen-bond donors (Lipinski definition) is 3. The number of carbonyl (C=O) groups is 4. The molecule has 0 aliphatic heterocycles. The van der Waals surface area contributed by atoms with E-state index in [-0.39, 0.29) is 25.7 Å². The molecule has 3 unspecified atom stereocenters. The van der Waals surface area contributed by atoms with Crippen molar-refractivity contribution < 1.29 is 80.2 Å². The van der Waals surface area contributed by atoms with Crippen molar-refractivity contribution in [1.29, 1.82) is 0 Å². The van der Waals surface area contributed by atoms with Crippen LogP contribution in [0.5, 0.6) is 0 Å². The molecule has 0 aromatic carbocycles. The Morgan fingerprint density at radius 3 is 0.747 bits per heavy atom. The molecule has 0 amide bonds. The molecular formula is C76H148O17P2. The van der Waals surface area contributed by atoms with Gasteiger partial charge >= 0.3 is 39.5 Å². The van der Waals surface area contributed by atoms with Crippen LogP contribution in [0.1, 0.15) is 383 Å². The molecule has 17 nitrogen and oxygen atoms in total. The molecule has 0 fully saturated rings. The number of ether oxygens (including phenoxy) is 4. The Kier molecular flexibility index (Phi) is 64.0. The molecule has 0 spiro atoms. The third-order valence-corrected chi connectivity index (χ3v) is 19.8. The molecule has 0 radical (unpaired) electrons. The van der Waals surface area contributed by atoms with Crippen molar-refractivity contribution in [1.82, 2.24) is 0 Å². The van der Waals surface area contributed by atoms with Crippen LogP contribution in [0.25, 0.3) is 0 Å². The Bertz CT molecular complexity index is 1870. The number of aliphatic hydroxyl groups excluding tert-OH is 1. The van der Waals surface area contributed by atoms with Gasteiger partial charge in [-0.25, -0.2) is 9.13 Å². The quantitative estimate of drug-likeness (QED) is 0.0222. The van der Waals surface area contributed by atoms with Crippen LogP contribution in [-0.4, -0.2) is 96.7 Å². The van der Waals surface area contributed by atoms with Crippen molar-refractivity contribution in [2.45, 2.75) is 401 Å². The summed E-state index contributed by atoms with van der Waals surface area (Å²) in [6, 6.07) is 0. The lowest BCUT2D eigenvalue weighted by atomic mass is 10.00. The number of hydrogen-bond acceptors (Lipinski definition) is 15. The van der Waals surface area contributed by atoms with Crippen LogP contribution < -0.4 is 0 Å².